The fourth-order valence-corrected chi connectivity index (χ4v) is 3.82. The number of amides is 1. The van der Waals surface area contributed by atoms with E-state index in [1.807, 2.05) is 14.1 Å². The van der Waals surface area contributed by atoms with Crippen LogP contribution >= 0.6 is 0 Å². The lowest BCUT2D eigenvalue weighted by molar-refractivity contribution is -0.121. The Balaban J connectivity index is 2.05. The molecule has 6 nitrogen and oxygen atoms in total. The van der Waals surface area contributed by atoms with E-state index in [0.717, 1.165) is 25.0 Å². The normalized spacial score (nSPS) is 16.9. The van der Waals surface area contributed by atoms with Gasteiger partial charge in [0.25, 0.3) is 0 Å². The maximum Gasteiger partial charge on any atom is 0.221 e. The molecule has 1 aliphatic rings. The highest BCUT2D eigenvalue weighted by atomic mass is 32.2. The van der Waals surface area contributed by atoms with E-state index in [-0.39, 0.29) is 24.1 Å². The molecule has 146 valence electrons. The fraction of sp³-hybridized carbons (Fsp3) is 0.632. The number of carbonyl (C=O) groups is 1. The Bertz CT molecular complexity index is 680. The summed E-state index contributed by atoms with van der Waals surface area (Å²) in [5.41, 5.74) is 2.32. The molecule has 1 atom stereocenters. The molecule has 1 heterocycles. The van der Waals surface area contributed by atoms with Crippen LogP contribution in [0.3, 0.4) is 0 Å². The van der Waals surface area contributed by atoms with Gasteiger partial charge in [-0.2, -0.15) is 0 Å². The second-order valence-corrected chi connectivity index (χ2v) is 9.54. The highest BCUT2D eigenvalue weighted by Gasteiger charge is 2.23. The highest BCUT2D eigenvalue weighted by Crippen LogP contribution is 2.26. The van der Waals surface area contributed by atoms with Gasteiger partial charge in [0, 0.05) is 39.0 Å². The minimum absolute atomic E-state index is 0.0190. The van der Waals surface area contributed by atoms with Crippen LogP contribution in [0, 0.1) is 0 Å². The lowest BCUT2D eigenvalue weighted by atomic mass is 10.0. The topological polar surface area (TPSA) is 69.7 Å². The monoisotopic (exact) mass is 381 g/mol. The number of nitrogens with zero attached hydrogens (tertiary/aromatic N) is 2. The first-order chi connectivity index (χ1) is 12.3. The smallest absolute Gasteiger partial charge is 0.221 e. The molecule has 1 aliphatic heterocycles. The van der Waals surface area contributed by atoms with Gasteiger partial charge in [-0.1, -0.05) is 18.6 Å². The Morgan fingerprint density at radius 1 is 1.15 bits per heavy atom. The lowest BCUT2D eigenvalue weighted by Gasteiger charge is -2.35. The third-order valence-corrected chi connectivity index (χ3v) is 5.76. The van der Waals surface area contributed by atoms with Crippen LogP contribution in [0.15, 0.2) is 24.3 Å². The van der Waals surface area contributed by atoms with Crippen LogP contribution in [0.5, 0.6) is 0 Å². The van der Waals surface area contributed by atoms with E-state index in [9.17, 15) is 13.2 Å². The average molecular weight is 382 g/mol. The van der Waals surface area contributed by atoms with Gasteiger partial charge in [0.15, 0.2) is 0 Å². The minimum atomic E-state index is -3.12. The van der Waals surface area contributed by atoms with Gasteiger partial charge in [0.2, 0.25) is 5.91 Å². The molecular formula is C19H31N3O3S. The first-order valence-corrected chi connectivity index (χ1v) is 11.3. The van der Waals surface area contributed by atoms with Crippen molar-refractivity contribution in [2.45, 2.75) is 31.7 Å². The number of benzene rings is 1. The second-order valence-electron chi connectivity index (χ2n) is 7.28. The zero-order chi connectivity index (χ0) is 19.2. The molecule has 1 fully saturated rings. The number of sulfone groups is 1. The van der Waals surface area contributed by atoms with Crippen LogP contribution in [-0.4, -0.2) is 65.0 Å². The number of carbonyl (C=O) groups excluding carboxylic acids is 1. The second kappa shape index (κ2) is 9.37. The third-order valence-electron chi connectivity index (χ3n) is 4.82. The third kappa shape index (κ3) is 6.61. The summed E-state index contributed by atoms with van der Waals surface area (Å²) >= 11 is 0. The summed E-state index contributed by atoms with van der Waals surface area (Å²) in [7, 11) is 0.907. The van der Waals surface area contributed by atoms with Gasteiger partial charge in [0.05, 0.1) is 11.8 Å². The van der Waals surface area contributed by atoms with E-state index in [1.165, 1.54) is 24.8 Å². The Hall–Kier alpha value is -1.60. The van der Waals surface area contributed by atoms with Crippen molar-refractivity contribution in [2.75, 3.05) is 50.6 Å². The zero-order valence-electron chi connectivity index (χ0n) is 16.1. The van der Waals surface area contributed by atoms with Crippen LogP contribution in [0.2, 0.25) is 0 Å². The molecule has 0 aliphatic carbocycles. The van der Waals surface area contributed by atoms with Crippen LogP contribution in [0.4, 0.5) is 5.69 Å². The first kappa shape index (κ1) is 20.7. The van der Waals surface area contributed by atoms with Crippen LogP contribution in [0.1, 0.15) is 37.3 Å². The Kier molecular flexibility index (Phi) is 7.46. The lowest BCUT2D eigenvalue weighted by Crippen LogP contribution is -2.40. The molecule has 26 heavy (non-hydrogen) atoms. The van der Waals surface area contributed by atoms with Crippen LogP contribution in [0.25, 0.3) is 0 Å². The van der Waals surface area contributed by atoms with Gasteiger partial charge in [-0.15, -0.1) is 0 Å². The molecular weight excluding hydrogens is 350 g/mol. The molecule has 2 rings (SSSR count). The molecule has 0 saturated carbocycles. The largest absolute Gasteiger partial charge is 0.378 e. The molecule has 0 bridgehead atoms. The molecule has 0 aromatic heterocycles. The van der Waals surface area contributed by atoms with Crippen LogP contribution in [-0.2, 0) is 14.6 Å². The van der Waals surface area contributed by atoms with Crippen molar-refractivity contribution in [1.29, 1.82) is 0 Å². The number of likely N-dealkylation sites (tertiary alicyclic amines) is 1. The van der Waals surface area contributed by atoms with Crippen molar-refractivity contribution in [2.24, 2.45) is 0 Å². The van der Waals surface area contributed by atoms with Crippen molar-refractivity contribution in [3.8, 4) is 0 Å². The van der Waals surface area contributed by atoms with Gasteiger partial charge in [0.1, 0.15) is 9.84 Å². The Morgan fingerprint density at radius 2 is 1.77 bits per heavy atom. The molecule has 1 aromatic carbocycles. The Labute approximate surface area is 157 Å². The number of rotatable bonds is 8. The summed E-state index contributed by atoms with van der Waals surface area (Å²) in [4.78, 5) is 16.5. The first-order valence-electron chi connectivity index (χ1n) is 9.22. The molecule has 0 spiro atoms. The van der Waals surface area contributed by atoms with Crippen molar-refractivity contribution in [1.82, 2.24) is 10.2 Å². The molecule has 1 saturated heterocycles. The molecule has 1 aromatic rings. The van der Waals surface area contributed by atoms with Crippen molar-refractivity contribution in [3.63, 3.8) is 0 Å². The average Bonchev–Trinajstić information content (AvgIpc) is 2.61. The summed E-state index contributed by atoms with van der Waals surface area (Å²) in [5, 5.41) is 2.93. The summed E-state index contributed by atoms with van der Waals surface area (Å²) in [6.07, 6.45) is 4.78. The molecule has 1 unspecified atom stereocenters. The number of anilines is 1. The SMILES string of the molecule is CN(C)c1ccc(C(CNC(=O)CCS(C)(=O)=O)N2CCCCC2)cc1. The van der Waals surface area contributed by atoms with Gasteiger partial charge >= 0.3 is 0 Å². The zero-order valence-corrected chi connectivity index (χ0v) is 16.9. The minimum Gasteiger partial charge on any atom is -0.378 e. The molecule has 1 N–H and O–H groups in total. The van der Waals surface area contributed by atoms with E-state index >= 15 is 0 Å². The fourth-order valence-electron chi connectivity index (χ4n) is 3.26. The summed E-state index contributed by atoms with van der Waals surface area (Å²) in [5.74, 6) is -0.313. The number of nitrogens with one attached hydrogen (secondary N) is 1. The van der Waals surface area contributed by atoms with Gasteiger partial charge < -0.3 is 10.2 Å². The summed E-state index contributed by atoms with van der Waals surface area (Å²) in [6, 6.07) is 8.55. The van der Waals surface area contributed by atoms with E-state index in [1.54, 1.807) is 0 Å². The maximum absolute atomic E-state index is 12.1. The molecule has 0 radical (unpaired) electrons. The van der Waals surface area contributed by atoms with E-state index < -0.39 is 9.84 Å². The van der Waals surface area contributed by atoms with Gasteiger partial charge in [-0.25, -0.2) is 8.42 Å². The molecule has 1 amide bonds. The summed E-state index contributed by atoms with van der Waals surface area (Å²) < 4.78 is 22.5. The maximum atomic E-state index is 12.1. The van der Waals surface area contributed by atoms with Crippen LogP contribution < -0.4 is 10.2 Å². The predicted octanol–water partition coefficient (Wildman–Crippen LogP) is 1.83. The standard InChI is InChI=1S/C19H31N3O3S/c1-21(2)17-9-7-16(8-10-17)18(22-12-5-4-6-13-22)15-20-19(23)11-14-26(3,24)25/h7-10,18H,4-6,11-15H2,1-3H3,(H,20,23). The van der Waals surface area contributed by atoms with E-state index in [0.29, 0.717) is 6.54 Å². The summed E-state index contributed by atoms with van der Waals surface area (Å²) in [6.45, 7) is 2.56. The van der Waals surface area contributed by atoms with Gasteiger partial charge in [-0.05, 0) is 43.6 Å². The number of hydrogen-bond acceptors (Lipinski definition) is 5. The Morgan fingerprint density at radius 3 is 2.31 bits per heavy atom. The van der Waals surface area contributed by atoms with Crippen molar-refractivity contribution < 1.29 is 13.2 Å². The molecule has 7 heteroatoms. The highest BCUT2D eigenvalue weighted by molar-refractivity contribution is 7.90. The van der Waals surface area contributed by atoms with Gasteiger partial charge in [-0.3, -0.25) is 9.69 Å². The van der Waals surface area contributed by atoms with E-state index in [4.69, 9.17) is 0 Å². The predicted molar refractivity (Wildman–Crippen MR) is 106 cm³/mol. The van der Waals surface area contributed by atoms with Crippen molar-refractivity contribution in [3.05, 3.63) is 29.8 Å². The van der Waals surface area contributed by atoms with E-state index in [2.05, 4.69) is 39.4 Å². The quantitative estimate of drug-likeness (QED) is 0.744. The number of piperidine rings is 1. The number of hydrogen-bond donors (Lipinski definition) is 1. The van der Waals surface area contributed by atoms with Crippen molar-refractivity contribution >= 4 is 21.4 Å².